The number of hydrogen-bond donors (Lipinski definition) is 3. The number of aliphatic imine (C=N–C) groups is 1. The second kappa shape index (κ2) is 11.6. The first-order chi connectivity index (χ1) is 17.1. The summed E-state index contributed by atoms with van der Waals surface area (Å²) in [5.41, 5.74) is 7.88. The zero-order chi connectivity index (χ0) is 26.3. The highest BCUT2D eigenvalue weighted by Crippen LogP contribution is 2.28. The lowest BCUT2D eigenvalue weighted by Gasteiger charge is -2.23. The van der Waals surface area contributed by atoms with E-state index in [0.29, 0.717) is 37.6 Å². The number of nitrogens with zero attached hydrogens (tertiary/aromatic N) is 7. The van der Waals surface area contributed by atoms with Crippen molar-refractivity contribution in [2.75, 3.05) is 44.5 Å². The minimum atomic E-state index is -0.397. The second-order valence-corrected chi connectivity index (χ2v) is 9.30. The number of rotatable bonds is 6. The predicted molar refractivity (Wildman–Crippen MR) is 139 cm³/mol. The van der Waals surface area contributed by atoms with Crippen molar-refractivity contribution in [1.82, 2.24) is 25.2 Å². The molecule has 12 nitrogen and oxygen atoms in total. The summed E-state index contributed by atoms with van der Waals surface area (Å²) in [6, 6.07) is 3.53. The standard InChI is InChI=1S/C24H33N9O3/c1-24(2,3)30-21(34)19-13-18(6-8-26-19)33-9-7-17(12-16-14-27-22(25)28-15-16)20(33)29-23(31-35)32(4)10-11-36-5/h6,8,12-15,35H,7,9-11H2,1-5H3,(H,30,34)(H2,25,27,28)/b17-12+,29-20?,31-23?. The van der Waals surface area contributed by atoms with Crippen LogP contribution >= 0.6 is 0 Å². The lowest BCUT2D eigenvalue weighted by atomic mass is 10.1. The lowest BCUT2D eigenvalue weighted by Crippen LogP contribution is -2.41. The maximum atomic E-state index is 12.7. The van der Waals surface area contributed by atoms with Crippen LogP contribution in [0.4, 0.5) is 11.6 Å². The molecule has 3 heterocycles. The van der Waals surface area contributed by atoms with E-state index in [1.807, 2.05) is 37.8 Å². The molecule has 0 aromatic carbocycles. The Morgan fingerprint density at radius 1 is 1.33 bits per heavy atom. The maximum Gasteiger partial charge on any atom is 0.270 e. The molecule has 1 amide bonds. The first kappa shape index (κ1) is 26.5. The van der Waals surface area contributed by atoms with Crippen LogP contribution in [0.2, 0.25) is 0 Å². The Balaban J connectivity index is 2.02. The first-order valence-electron chi connectivity index (χ1n) is 11.5. The van der Waals surface area contributed by atoms with E-state index in [0.717, 1.165) is 16.8 Å². The van der Waals surface area contributed by atoms with E-state index in [-0.39, 0.29) is 17.8 Å². The fraction of sp³-hybridized carbons (Fsp3) is 0.417. The number of ether oxygens (including phenoxy) is 1. The molecule has 4 N–H and O–H groups in total. The number of nitrogen functional groups attached to an aromatic ring is 1. The van der Waals surface area contributed by atoms with E-state index in [9.17, 15) is 10.0 Å². The number of guanidine groups is 1. The van der Waals surface area contributed by atoms with Gasteiger partial charge in [-0.05, 0) is 56.1 Å². The molecule has 2 aromatic heterocycles. The molecule has 1 aliphatic rings. The number of carbonyl (C=O) groups is 1. The van der Waals surface area contributed by atoms with Gasteiger partial charge in [0.05, 0.1) is 6.61 Å². The van der Waals surface area contributed by atoms with E-state index in [4.69, 9.17) is 15.5 Å². The number of carbonyl (C=O) groups excluding carboxylic acids is 1. The Morgan fingerprint density at radius 2 is 2.06 bits per heavy atom. The summed E-state index contributed by atoms with van der Waals surface area (Å²) in [6.45, 7) is 7.23. The van der Waals surface area contributed by atoms with Gasteiger partial charge in [-0.15, -0.1) is 0 Å². The van der Waals surface area contributed by atoms with Crippen LogP contribution in [0, 0.1) is 0 Å². The fourth-order valence-corrected chi connectivity index (χ4v) is 3.49. The molecule has 0 radical (unpaired) electrons. The largest absolute Gasteiger partial charge is 0.408 e. The van der Waals surface area contributed by atoms with Gasteiger partial charge in [0.1, 0.15) is 11.5 Å². The summed E-state index contributed by atoms with van der Waals surface area (Å²) in [6.07, 6.45) is 7.41. The Labute approximate surface area is 210 Å². The number of amides is 1. The molecule has 1 fully saturated rings. The molecule has 0 spiro atoms. The van der Waals surface area contributed by atoms with Gasteiger partial charge in [0.15, 0.2) is 0 Å². The minimum absolute atomic E-state index is 0.119. The molecule has 2 aromatic rings. The van der Waals surface area contributed by atoms with Gasteiger partial charge in [-0.3, -0.25) is 9.78 Å². The molecular formula is C24H33N9O3. The van der Waals surface area contributed by atoms with Crippen molar-refractivity contribution in [1.29, 1.82) is 0 Å². The van der Waals surface area contributed by atoms with Crippen LogP contribution in [0.1, 0.15) is 43.2 Å². The van der Waals surface area contributed by atoms with Gasteiger partial charge in [-0.2, -0.15) is 4.99 Å². The molecule has 0 atom stereocenters. The van der Waals surface area contributed by atoms with Gasteiger partial charge >= 0.3 is 0 Å². The molecule has 3 rings (SSSR count). The summed E-state index contributed by atoms with van der Waals surface area (Å²) in [4.78, 5) is 33.4. The normalized spacial score (nSPS) is 16.6. The summed E-state index contributed by atoms with van der Waals surface area (Å²) in [7, 11) is 3.36. The highest BCUT2D eigenvalue weighted by molar-refractivity contribution is 6.18. The number of nitrogens with one attached hydrogen (secondary N) is 1. The second-order valence-electron chi connectivity index (χ2n) is 9.30. The molecule has 0 saturated carbocycles. The van der Waals surface area contributed by atoms with Crippen molar-refractivity contribution in [2.45, 2.75) is 32.7 Å². The lowest BCUT2D eigenvalue weighted by molar-refractivity contribution is 0.0914. The van der Waals surface area contributed by atoms with Gasteiger partial charge < -0.3 is 30.8 Å². The van der Waals surface area contributed by atoms with Crippen molar-refractivity contribution in [2.24, 2.45) is 10.1 Å². The highest BCUT2D eigenvalue weighted by Gasteiger charge is 2.28. The Kier molecular flexibility index (Phi) is 8.54. The molecular weight excluding hydrogens is 462 g/mol. The van der Waals surface area contributed by atoms with Gasteiger partial charge in [0.2, 0.25) is 5.95 Å². The topological polar surface area (TPSA) is 154 Å². The van der Waals surface area contributed by atoms with Gasteiger partial charge in [0, 0.05) is 62.6 Å². The summed E-state index contributed by atoms with van der Waals surface area (Å²) in [5, 5.41) is 16.0. The van der Waals surface area contributed by atoms with E-state index in [1.165, 1.54) is 0 Å². The molecule has 12 heteroatoms. The van der Waals surface area contributed by atoms with E-state index < -0.39 is 5.54 Å². The highest BCUT2D eigenvalue weighted by atomic mass is 16.5. The number of anilines is 2. The van der Waals surface area contributed by atoms with E-state index >= 15 is 0 Å². The molecule has 0 aliphatic carbocycles. The van der Waals surface area contributed by atoms with Crippen LogP contribution in [-0.2, 0) is 4.74 Å². The van der Waals surface area contributed by atoms with Crippen LogP contribution in [0.3, 0.4) is 0 Å². The van der Waals surface area contributed by atoms with Crippen LogP contribution in [-0.4, -0.2) is 82.2 Å². The Morgan fingerprint density at radius 3 is 2.69 bits per heavy atom. The fourth-order valence-electron chi connectivity index (χ4n) is 3.49. The van der Waals surface area contributed by atoms with E-state index in [2.05, 4.69) is 25.4 Å². The number of pyridine rings is 1. The summed E-state index contributed by atoms with van der Waals surface area (Å²) >= 11 is 0. The van der Waals surface area contributed by atoms with Gasteiger partial charge in [0.25, 0.3) is 11.9 Å². The molecule has 36 heavy (non-hydrogen) atoms. The smallest absolute Gasteiger partial charge is 0.270 e. The van der Waals surface area contributed by atoms with Gasteiger partial charge in [-0.25, -0.2) is 9.97 Å². The summed E-state index contributed by atoms with van der Waals surface area (Å²) in [5.74, 6) is 0.602. The van der Waals surface area contributed by atoms with Crippen LogP contribution in [0.25, 0.3) is 6.08 Å². The predicted octanol–water partition coefficient (Wildman–Crippen LogP) is 2.00. The molecule has 1 aliphatic heterocycles. The zero-order valence-electron chi connectivity index (χ0n) is 21.3. The van der Waals surface area contributed by atoms with Crippen LogP contribution in [0.5, 0.6) is 0 Å². The third-order valence-electron chi connectivity index (χ3n) is 5.22. The van der Waals surface area contributed by atoms with Crippen molar-refractivity contribution < 1.29 is 14.7 Å². The van der Waals surface area contributed by atoms with E-state index in [1.54, 1.807) is 43.7 Å². The monoisotopic (exact) mass is 495 g/mol. The number of likely N-dealkylation sites (N-methyl/N-ethyl adjacent to an activating group) is 1. The third kappa shape index (κ3) is 6.98. The van der Waals surface area contributed by atoms with Crippen molar-refractivity contribution in [3.63, 3.8) is 0 Å². The number of hydrogen-bond acceptors (Lipinski definition) is 8. The number of nitrogens with two attached hydrogens (primary N) is 1. The SMILES string of the molecule is COCCN(C)C(=NO)N=C1/C(=C/c2cnc(N)nc2)CCN1c1ccnc(C(=O)NC(C)(C)C)c1. The van der Waals surface area contributed by atoms with Crippen molar-refractivity contribution in [3.05, 3.63) is 47.6 Å². The van der Waals surface area contributed by atoms with Gasteiger partial charge in [-0.1, -0.05) is 0 Å². The Hall–Kier alpha value is -4.06. The average Bonchev–Trinajstić information content (AvgIpc) is 3.23. The minimum Gasteiger partial charge on any atom is -0.408 e. The maximum absolute atomic E-state index is 12.7. The zero-order valence-corrected chi connectivity index (χ0v) is 21.3. The number of methoxy groups -OCH3 is 1. The van der Waals surface area contributed by atoms with Crippen molar-refractivity contribution >= 4 is 35.4 Å². The Bertz CT molecular complexity index is 1150. The third-order valence-corrected chi connectivity index (χ3v) is 5.22. The van der Waals surface area contributed by atoms with Crippen LogP contribution in [0.15, 0.2) is 46.4 Å². The van der Waals surface area contributed by atoms with Crippen LogP contribution < -0.4 is 16.0 Å². The number of oxime groups is 1. The molecule has 0 unspecified atom stereocenters. The summed E-state index contributed by atoms with van der Waals surface area (Å²) < 4.78 is 5.13. The first-order valence-corrected chi connectivity index (χ1v) is 11.5. The molecule has 0 bridgehead atoms. The average molecular weight is 496 g/mol. The number of amidine groups is 1. The molecule has 1 saturated heterocycles. The molecule has 192 valence electrons. The quantitative estimate of drug-likeness (QED) is 0.236. The number of aromatic nitrogens is 3. The van der Waals surface area contributed by atoms with Crippen molar-refractivity contribution in [3.8, 4) is 0 Å².